The molecule has 1 aromatic carbocycles. The summed E-state index contributed by atoms with van der Waals surface area (Å²) in [5.74, 6) is 0.744. The summed E-state index contributed by atoms with van der Waals surface area (Å²) in [4.78, 5) is 16.5. The Bertz CT molecular complexity index is 576. The number of nitrogens with zero attached hydrogens (tertiary/aromatic N) is 1. The number of aromatic nitrogens is 1. The second-order valence-electron chi connectivity index (χ2n) is 4.06. The van der Waals surface area contributed by atoms with Crippen LogP contribution in [-0.2, 0) is 4.79 Å². The Hall–Kier alpha value is -1.88. The highest BCUT2D eigenvalue weighted by atomic mass is 32.1. The van der Waals surface area contributed by atoms with E-state index in [0.29, 0.717) is 11.7 Å². The lowest BCUT2D eigenvalue weighted by molar-refractivity contribution is -0.114. The first-order valence-electron chi connectivity index (χ1n) is 6.08. The van der Waals surface area contributed by atoms with E-state index >= 15 is 0 Å². The maximum Gasteiger partial charge on any atom is 0.223 e. The summed E-state index contributed by atoms with van der Waals surface area (Å²) >= 11 is 1.48. The summed E-state index contributed by atoms with van der Waals surface area (Å²) in [7, 11) is 0. The Morgan fingerprint density at radius 1 is 1.37 bits per heavy atom. The highest BCUT2D eigenvalue weighted by molar-refractivity contribution is 7.16. The van der Waals surface area contributed by atoms with Gasteiger partial charge in [-0.3, -0.25) is 4.79 Å². The van der Waals surface area contributed by atoms with E-state index in [2.05, 4.69) is 10.3 Å². The third kappa shape index (κ3) is 3.32. The largest absolute Gasteiger partial charge is 0.494 e. The van der Waals surface area contributed by atoms with Gasteiger partial charge in [-0.05, 0) is 38.1 Å². The number of hydrogen-bond donors (Lipinski definition) is 1. The third-order valence-corrected chi connectivity index (χ3v) is 3.40. The van der Waals surface area contributed by atoms with Crippen LogP contribution in [-0.4, -0.2) is 17.5 Å². The normalized spacial score (nSPS) is 10.3. The van der Waals surface area contributed by atoms with Crippen LogP contribution < -0.4 is 10.1 Å². The van der Waals surface area contributed by atoms with E-state index in [1.807, 2.05) is 38.1 Å². The van der Waals surface area contributed by atoms with E-state index in [1.165, 1.54) is 18.3 Å². The van der Waals surface area contributed by atoms with Crippen molar-refractivity contribution < 1.29 is 9.53 Å². The molecular weight excluding hydrogens is 260 g/mol. The lowest BCUT2D eigenvalue weighted by atomic mass is 10.1. The summed E-state index contributed by atoms with van der Waals surface area (Å²) in [6, 6.07) is 7.81. The number of benzene rings is 1. The minimum absolute atomic E-state index is 0.105. The van der Waals surface area contributed by atoms with E-state index in [-0.39, 0.29) is 5.91 Å². The van der Waals surface area contributed by atoms with Crippen LogP contribution in [0.15, 0.2) is 24.3 Å². The monoisotopic (exact) mass is 276 g/mol. The fourth-order valence-electron chi connectivity index (χ4n) is 1.74. The predicted octanol–water partition coefficient (Wildman–Crippen LogP) is 3.48. The minimum atomic E-state index is -0.105. The van der Waals surface area contributed by atoms with Crippen LogP contribution in [0.25, 0.3) is 11.3 Å². The molecule has 5 heteroatoms. The molecule has 0 saturated heterocycles. The molecule has 1 aromatic heterocycles. The zero-order chi connectivity index (χ0) is 13.8. The number of aryl methyl sites for hydroxylation is 1. The second kappa shape index (κ2) is 5.84. The van der Waals surface area contributed by atoms with Crippen LogP contribution >= 0.6 is 11.3 Å². The van der Waals surface area contributed by atoms with Crippen molar-refractivity contribution in [2.45, 2.75) is 20.8 Å². The average molecular weight is 276 g/mol. The maximum absolute atomic E-state index is 11.0. The van der Waals surface area contributed by atoms with Gasteiger partial charge in [0.2, 0.25) is 5.91 Å². The molecule has 0 atom stereocenters. The van der Waals surface area contributed by atoms with Gasteiger partial charge in [-0.15, -0.1) is 11.3 Å². The molecule has 0 unspecified atom stereocenters. The lowest BCUT2D eigenvalue weighted by Gasteiger charge is -2.03. The van der Waals surface area contributed by atoms with Crippen LogP contribution in [0.2, 0.25) is 0 Å². The first-order chi connectivity index (χ1) is 9.10. The molecule has 0 saturated carbocycles. The molecule has 100 valence electrons. The first kappa shape index (κ1) is 13.5. The summed E-state index contributed by atoms with van der Waals surface area (Å²) in [5.41, 5.74) is 1.92. The molecular formula is C14H16N2O2S. The zero-order valence-electron chi connectivity index (χ0n) is 11.2. The summed E-state index contributed by atoms with van der Waals surface area (Å²) < 4.78 is 5.41. The van der Waals surface area contributed by atoms with Gasteiger partial charge in [-0.25, -0.2) is 4.98 Å². The SMILES string of the molecule is CCOc1ccc(-c2nc(NC(C)=O)sc2C)cc1. The Kier molecular flexibility index (Phi) is 4.16. The molecule has 1 heterocycles. The van der Waals surface area contributed by atoms with Crippen LogP contribution in [0.5, 0.6) is 5.75 Å². The Morgan fingerprint density at radius 2 is 2.05 bits per heavy atom. The number of carbonyl (C=O) groups excluding carboxylic acids is 1. The number of hydrogen-bond acceptors (Lipinski definition) is 4. The zero-order valence-corrected chi connectivity index (χ0v) is 12.0. The molecule has 1 N–H and O–H groups in total. The van der Waals surface area contributed by atoms with Crippen LogP contribution in [0.4, 0.5) is 5.13 Å². The number of carbonyl (C=O) groups is 1. The van der Waals surface area contributed by atoms with Gasteiger partial charge in [-0.1, -0.05) is 0 Å². The number of amides is 1. The van der Waals surface area contributed by atoms with Gasteiger partial charge < -0.3 is 10.1 Å². The minimum Gasteiger partial charge on any atom is -0.494 e. The van der Waals surface area contributed by atoms with E-state index in [1.54, 1.807) is 0 Å². The van der Waals surface area contributed by atoms with Crippen molar-refractivity contribution in [1.29, 1.82) is 0 Å². The lowest BCUT2D eigenvalue weighted by Crippen LogP contribution is -2.04. The predicted molar refractivity (Wildman–Crippen MR) is 77.8 cm³/mol. The van der Waals surface area contributed by atoms with Gasteiger partial charge in [0, 0.05) is 17.4 Å². The van der Waals surface area contributed by atoms with Crippen molar-refractivity contribution in [1.82, 2.24) is 4.98 Å². The van der Waals surface area contributed by atoms with E-state index < -0.39 is 0 Å². The van der Waals surface area contributed by atoms with Gasteiger partial charge in [0.25, 0.3) is 0 Å². The Morgan fingerprint density at radius 3 is 2.63 bits per heavy atom. The molecule has 0 radical (unpaired) electrons. The van der Waals surface area contributed by atoms with Crippen LogP contribution in [0.1, 0.15) is 18.7 Å². The molecule has 0 aliphatic rings. The average Bonchev–Trinajstić information content (AvgIpc) is 2.71. The van der Waals surface area contributed by atoms with Crippen molar-refractivity contribution in [3.63, 3.8) is 0 Å². The number of rotatable bonds is 4. The molecule has 0 aliphatic heterocycles. The van der Waals surface area contributed by atoms with E-state index in [4.69, 9.17) is 4.74 Å². The quantitative estimate of drug-likeness (QED) is 0.930. The maximum atomic E-state index is 11.0. The van der Waals surface area contributed by atoms with Gasteiger partial charge in [0.15, 0.2) is 5.13 Å². The van der Waals surface area contributed by atoms with Crippen LogP contribution in [0, 0.1) is 6.92 Å². The summed E-state index contributed by atoms with van der Waals surface area (Å²) in [6.45, 7) is 6.09. The smallest absolute Gasteiger partial charge is 0.223 e. The van der Waals surface area contributed by atoms with Gasteiger partial charge >= 0.3 is 0 Å². The van der Waals surface area contributed by atoms with Gasteiger partial charge in [0.05, 0.1) is 12.3 Å². The highest BCUT2D eigenvalue weighted by Gasteiger charge is 2.10. The van der Waals surface area contributed by atoms with Crippen LogP contribution in [0.3, 0.4) is 0 Å². The number of ether oxygens (including phenoxy) is 1. The van der Waals surface area contributed by atoms with Gasteiger partial charge in [0.1, 0.15) is 5.75 Å². The molecule has 0 bridgehead atoms. The molecule has 0 spiro atoms. The third-order valence-electron chi connectivity index (χ3n) is 2.52. The molecule has 4 nitrogen and oxygen atoms in total. The fraction of sp³-hybridized carbons (Fsp3) is 0.286. The molecule has 2 rings (SSSR count). The Balaban J connectivity index is 2.25. The topological polar surface area (TPSA) is 51.2 Å². The first-order valence-corrected chi connectivity index (χ1v) is 6.90. The standard InChI is InChI=1S/C14H16N2O2S/c1-4-18-12-7-5-11(6-8-12)13-9(2)19-14(16-13)15-10(3)17/h5-8H,4H2,1-3H3,(H,15,16,17). The van der Waals surface area contributed by atoms with E-state index in [0.717, 1.165) is 21.9 Å². The molecule has 0 aliphatic carbocycles. The van der Waals surface area contributed by atoms with Crippen molar-refractivity contribution in [2.75, 3.05) is 11.9 Å². The molecule has 0 fully saturated rings. The number of anilines is 1. The summed E-state index contributed by atoms with van der Waals surface area (Å²) in [6.07, 6.45) is 0. The number of thiazole rings is 1. The molecule has 2 aromatic rings. The van der Waals surface area contributed by atoms with Gasteiger partial charge in [-0.2, -0.15) is 0 Å². The summed E-state index contributed by atoms with van der Waals surface area (Å²) in [5, 5.41) is 3.34. The van der Waals surface area contributed by atoms with Crippen molar-refractivity contribution in [2.24, 2.45) is 0 Å². The fourth-order valence-corrected chi connectivity index (χ4v) is 2.63. The van der Waals surface area contributed by atoms with Crippen molar-refractivity contribution in [3.8, 4) is 17.0 Å². The van der Waals surface area contributed by atoms with Crippen molar-refractivity contribution >= 4 is 22.4 Å². The second-order valence-corrected chi connectivity index (χ2v) is 5.27. The molecule has 19 heavy (non-hydrogen) atoms. The van der Waals surface area contributed by atoms with E-state index in [9.17, 15) is 4.79 Å². The number of nitrogens with one attached hydrogen (secondary N) is 1. The van der Waals surface area contributed by atoms with Crippen molar-refractivity contribution in [3.05, 3.63) is 29.1 Å². The highest BCUT2D eigenvalue weighted by Crippen LogP contribution is 2.31. The Labute approximate surface area is 116 Å². The molecule has 1 amide bonds.